The molecule has 1 aliphatic heterocycles. The molecule has 1 aliphatic carbocycles. The average molecular weight is 390 g/mol. The Balaban J connectivity index is 1.38. The first-order valence-corrected chi connectivity index (χ1v) is 9.88. The van der Waals surface area contributed by atoms with Gasteiger partial charge in [-0.15, -0.1) is 0 Å². The fourth-order valence-electron chi connectivity index (χ4n) is 3.55. The minimum Gasteiger partial charge on any atom is -0.452 e. The Morgan fingerprint density at radius 1 is 1.07 bits per heavy atom. The minimum atomic E-state index is -0.642. The topological polar surface area (TPSA) is 98.2 Å². The van der Waals surface area contributed by atoms with E-state index >= 15 is 0 Å². The molecule has 1 aromatic carbocycles. The summed E-state index contributed by atoms with van der Waals surface area (Å²) in [5.41, 5.74) is 1.51. The Bertz CT molecular complexity index is 680. The molecule has 28 heavy (non-hydrogen) atoms. The van der Waals surface area contributed by atoms with E-state index in [9.17, 15) is 14.4 Å². The molecule has 1 aromatic rings. The van der Waals surface area contributed by atoms with Crippen molar-refractivity contribution in [3.05, 3.63) is 35.4 Å². The van der Waals surface area contributed by atoms with Crippen molar-refractivity contribution in [3.63, 3.8) is 0 Å². The monoisotopic (exact) mass is 390 g/mol. The summed E-state index contributed by atoms with van der Waals surface area (Å²) in [7, 11) is 0. The van der Waals surface area contributed by atoms with Crippen LogP contribution in [0.25, 0.3) is 0 Å². The van der Waals surface area contributed by atoms with E-state index in [1.54, 1.807) is 12.1 Å². The summed E-state index contributed by atoms with van der Waals surface area (Å²) in [4.78, 5) is 37.1. The molecule has 3 amide bonds. The van der Waals surface area contributed by atoms with Crippen molar-refractivity contribution in [1.29, 1.82) is 0 Å². The van der Waals surface area contributed by atoms with Crippen molar-refractivity contribution < 1.29 is 28.8 Å². The quantitative estimate of drug-likeness (QED) is 0.595. The van der Waals surface area contributed by atoms with Crippen molar-refractivity contribution in [1.82, 2.24) is 10.6 Å². The normalized spacial score (nSPS) is 17.9. The number of carbonyl (C=O) groups is 3. The molecule has 152 valence electrons. The second-order valence-corrected chi connectivity index (χ2v) is 7.32. The number of hydrogen-bond acceptors (Lipinski definition) is 5. The summed E-state index contributed by atoms with van der Waals surface area (Å²) in [5, 5.41) is 4.94. The van der Waals surface area contributed by atoms with Crippen LogP contribution in [-0.4, -0.2) is 56.9 Å². The highest BCUT2D eigenvalue weighted by Crippen LogP contribution is 2.17. The molecule has 8 heteroatoms. The third-order valence-corrected chi connectivity index (χ3v) is 5.12. The van der Waals surface area contributed by atoms with E-state index in [-0.39, 0.29) is 6.04 Å². The zero-order valence-electron chi connectivity index (χ0n) is 16.0. The molecule has 2 fully saturated rings. The predicted octanol–water partition coefficient (Wildman–Crippen LogP) is 0.0269. The van der Waals surface area contributed by atoms with Crippen LogP contribution in [0.3, 0.4) is 0 Å². The van der Waals surface area contributed by atoms with Crippen LogP contribution in [0.1, 0.15) is 41.6 Å². The van der Waals surface area contributed by atoms with Gasteiger partial charge in [-0.3, -0.25) is 10.1 Å². The van der Waals surface area contributed by atoms with Crippen molar-refractivity contribution in [2.75, 3.05) is 32.9 Å². The van der Waals surface area contributed by atoms with E-state index in [4.69, 9.17) is 9.47 Å². The molecule has 0 spiro atoms. The number of nitrogens with one attached hydrogen (secondary N) is 3. The first-order chi connectivity index (χ1) is 13.6. The van der Waals surface area contributed by atoms with Crippen LogP contribution in [0.2, 0.25) is 0 Å². The minimum absolute atomic E-state index is 0.119. The summed E-state index contributed by atoms with van der Waals surface area (Å²) >= 11 is 0. The van der Waals surface area contributed by atoms with Gasteiger partial charge in [0.15, 0.2) is 6.61 Å². The SMILES string of the molecule is O=C(COC(=O)c1ccc(C[NH+]2CCOCC2)cc1)NC(=O)NC1CCCC1. The molecular formula is C20H28N3O5+. The average Bonchev–Trinajstić information content (AvgIpc) is 3.20. The van der Waals surface area contributed by atoms with Crippen LogP contribution in [0.15, 0.2) is 24.3 Å². The summed E-state index contributed by atoms with van der Waals surface area (Å²) < 4.78 is 10.3. The van der Waals surface area contributed by atoms with Gasteiger partial charge in [0.05, 0.1) is 18.8 Å². The second-order valence-electron chi connectivity index (χ2n) is 7.32. The Labute approximate surface area is 164 Å². The molecule has 1 heterocycles. The fourth-order valence-corrected chi connectivity index (χ4v) is 3.55. The maximum Gasteiger partial charge on any atom is 0.338 e. The van der Waals surface area contributed by atoms with Crippen molar-refractivity contribution in [2.45, 2.75) is 38.3 Å². The number of amides is 3. The summed E-state index contributed by atoms with van der Waals surface area (Å²) in [5.74, 6) is -1.23. The van der Waals surface area contributed by atoms with Gasteiger partial charge in [-0.2, -0.15) is 0 Å². The second kappa shape index (κ2) is 10.2. The van der Waals surface area contributed by atoms with Gasteiger partial charge >= 0.3 is 12.0 Å². The highest BCUT2D eigenvalue weighted by atomic mass is 16.5. The summed E-state index contributed by atoms with van der Waals surface area (Å²) in [6.07, 6.45) is 4.03. The Morgan fingerprint density at radius 3 is 2.43 bits per heavy atom. The van der Waals surface area contributed by atoms with E-state index < -0.39 is 24.5 Å². The molecule has 2 aliphatic rings. The van der Waals surface area contributed by atoms with Crippen molar-refractivity contribution in [2.24, 2.45) is 0 Å². The van der Waals surface area contributed by atoms with Gasteiger partial charge in [0.25, 0.3) is 5.91 Å². The molecule has 0 atom stereocenters. The van der Waals surface area contributed by atoms with Crippen LogP contribution in [-0.2, 0) is 20.8 Å². The van der Waals surface area contributed by atoms with Crippen LogP contribution in [0.5, 0.6) is 0 Å². The lowest BCUT2D eigenvalue weighted by Gasteiger charge is -2.23. The van der Waals surface area contributed by atoms with Gasteiger partial charge in [-0.25, -0.2) is 9.59 Å². The van der Waals surface area contributed by atoms with E-state index in [2.05, 4.69) is 10.6 Å². The number of benzene rings is 1. The lowest BCUT2D eigenvalue weighted by atomic mass is 10.1. The van der Waals surface area contributed by atoms with Crippen LogP contribution < -0.4 is 15.5 Å². The first kappa shape index (κ1) is 20.3. The molecule has 8 nitrogen and oxygen atoms in total. The van der Waals surface area contributed by atoms with E-state index in [1.807, 2.05) is 12.1 Å². The predicted molar refractivity (Wildman–Crippen MR) is 101 cm³/mol. The van der Waals surface area contributed by atoms with Gasteiger partial charge in [-0.05, 0) is 25.0 Å². The van der Waals surface area contributed by atoms with Gasteiger partial charge < -0.3 is 19.7 Å². The van der Waals surface area contributed by atoms with Gasteiger partial charge in [-0.1, -0.05) is 25.0 Å². The number of carbonyl (C=O) groups excluding carboxylic acids is 3. The number of rotatable bonds is 6. The molecule has 1 saturated carbocycles. The number of esters is 1. The third-order valence-electron chi connectivity index (χ3n) is 5.12. The van der Waals surface area contributed by atoms with Crippen molar-refractivity contribution in [3.8, 4) is 0 Å². The van der Waals surface area contributed by atoms with Crippen LogP contribution in [0.4, 0.5) is 4.79 Å². The van der Waals surface area contributed by atoms with E-state index in [0.717, 1.165) is 64.1 Å². The highest BCUT2D eigenvalue weighted by molar-refractivity contribution is 5.97. The zero-order valence-corrected chi connectivity index (χ0v) is 16.0. The van der Waals surface area contributed by atoms with Gasteiger partial charge in [0, 0.05) is 11.6 Å². The molecule has 3 N–H and O–H groups in total. The first-order valence-electron chi connectivity index (χ1n) is 9.88. The van der Waals surface area contributed by atoms with Crippen molar-refractivity contribution >= 4 is 17.9 Å². The molecule has 0 aromatic heterocycles. The van der Waals surface area contributed by atoms with Crippen LogP contribution >= 0.6 is 0 Å². The third kappa shape index (κ3) is 6.31. The number of quaternary nitrogens is 1. The Hall–Kier alpha value is -2.45. The van der Waals surface area contributed by atoms with Gasteiger partial charge in [0.2, 0.25) is 0 Å². The molecular weight excluding hydrogens is 362 g/mol. The molecule has 0 bridgehead atoms. The molecule has 0 radical (unpaired) electrons. The lowest BCUT2D eigenvalue weighted by molar-refractivity contribution is -0.921. The molecule has 0 unspecified atom stereocenters. The number of morpholine rings is 1. The Kier molecular flexibility index (Phi) is 7.39. The lowest BCUT2D eigenvalue weighted by Crippen LogP contribution is -3.12. The van der Waals surface area contributed by atoms with Crippen LogP contribution in [0, 0.1) is 0 Å². The fraction of sp³-hybridized carbons (Fsp3) is 0.550. The summed E-state index contributed by atoms with van der Waals surface area (Å²) in [6.45, 7) is 3.91. The number of imide groups is 1. The Morgan fingerprint density at radius 2 is 1.75 bits per heavy atom. The number of hydrogen-bond donors (Lipinski definition) is 3. The number of urea groups is 1. The van der Waals surface area contributed by atoms with E-state index in [0.29, 0.717) is 5.56 Å². The largest absolute Gasteiger partial charge is 0.452 e. The standard InChI is InChI=1S/C20H27N3O5/c24-18(22-20(26)21-17-3-1-2-4-17)14-28-19(25)16-7-5-15(6-8-16)13-23-9-11-27-12-10-23/h5-8,17H,1-4,9-14H2,(H2,21,22,24,26)/p+1. The summed E-state index contributed by atoms with van der Waals surface area (Å²) in [6, 6.07) is 6.77. The maximum atomic E-state index is 12.1. The number of ether oxygens (including phenoxy) is 2. The van der Waals surface area contributed by atoms with Gasteiger partial charge in [0.1, 0.15) is 19.6 Å². The molecule has 3 rings (SSSR count). The van der Waals surface area contributed by atoms with E-state index in [1.165, 1.54) is 4.90 Å². The smallest absolute Gasteiger partial charge is 0.338 e. The molecule has 1 saturated heterocycles. The highest BCUT2D eigenvalue weighted by Gasteiger charge is 2.19. The maximum absolute atomic E-state index is 12.1. The zero-order chi connectivity index (χ0) is 19.8.